The van der Waals surface area contributed by atoms with Gasteiger partial charge >= 0.3 is 0 Å². The van der Waals surface area contributed by atoms with Crippen LogP contribution in [0.2, 0.25) is 0 Å². The number of rotatable bonds is 6. The maximum absolute atomic E-state index is 4.56. The van der Waals surface area contributed by atoms with Crippen LogP contribution in [-0.4, -0.2) is 31.2 Å². The second-order valence-electron chi connectivity index (χ2n) is 4.12. The van der Waals surface area contributed by atoms with Gasteiger partial charge in [-0.3, -0.25) is 0 Å². The van der Waals surface area contributed by atoms with Gasteiger partial charge in [0, 0.05) is 31.6 Å². The largest absolute Gasteiger partial charge is 0.350 e. The Balaban J connectivity index is 1.75. The minimum atomic E-state index is 0.806. The summed E-state index contributed by atoms with van der Waals surface area (Å²) in [5.74, 6) is 0. The third-order valence-corrected chi connectivity index (χ3v) is 3.69. The highest BCUT2D eigenvalue weighted by Gasteiger charge is 2.19. The molecule has 1 fully saturated rings. The minimum Gasteiger partial charge on any atom is -0.350 e. The Morgan fingerprint density at radius 3 is 3.00 bits per heavy atom. The van der Waals surface area contributed by atoms with Gasteiger partial charge in [0.1, 0.15) is 0 Å². The second-order valence-corrected chi connectivity index (χ2v) is 4.96. The van der Waals surface area contributed by atoms with Gasteiger partial charge in [0.05, 0.1) is 5.69 Å². The van der Waals surface area contributed by atoms with Crippen LogP contribution < -0.4 is 10.2 Å². The Labute approximate surface area is 95.5 Å². The van der Waals surface area contributed by atoms with Gasteiger partial charge in [0.25, 0.3) is 0 Å². The predicted octanol–water partition coefficient (Wildman–Crippen LogP) is 1.89. The number of anilines is 1. The normalized spacial score (nSPS) is 15.6. The summed E-state index contributed by atoms with van der Waals surface area (Å²) in [5, 5.41) is 6.81. The van der Waals surface area contributed by atoms with E-state index in [-0.39, 0.29) is 0 Å². The van der Waals surface area contributed by atoms with E-state index in [9.17, 15) is 0 Å². The molecule has 0 bridgehead atoms. The summed E-state index contributed by atoms with van der Waals surface area (Å²) < 4.78 is 0. The lowest BCUT2D eigenvalue weighted by molar-refractivity contribution is 0.674. The number of hydrogen-bond acceptors (Lipinski definition) is 4. The Hall–Kier alpha value is -0.610. The summed E-state index contributed by atoms with van der Waals surface area (Å²) in [6.45, 7) is 4.27. The molecule has 0 aromatic carbocycles. The van der Waals surface area contributed by atoms with E-state index in [0.29, 0.717) is 0 Å². The second kappa shape index (κ2) is 4.94. The summed E-state index contributed by atoms with van der Waals surface area (Å²) in [5.41, 5.74) is 1.21. The number of nitrogens with zero attached hydrogens (tertiary/aromatic N) is 2. The predicted molar refractivity (Wildman–Crippen MR) is 65.8 cm³/mol. The third kappa shape index (κ3) is 3.18. The monoisotopic (exact) mass is 225 g/mol. The van der Waals surface area contributed by atoms with Crippen LogP contribution in [0.3, 0.4) is 0 Å². The lowest BCUT2D eigenvalue weighted by atomic mass is 10.4. The average molecular weight is 225 g/mol. The Morgan fingerprint density at radius 2 is 2.40 bits per heavy atom. The molecule has 0 unspecified atom stereocenters. The highest BCUT2D eigenvalue weighted by atomic mass is 32.1. The fourth-order valence-corrected chi connectivity index (χ4v) is 2.36. The zero-order valence-electron chi connectivity index (χ0n) is 9.49. The number of likely N-dealkylation sites (N-methyl/N-ethyl adjacent to an activating group) is 1. The van der Waals surface area contributed by atoms with Crippen molar-refractivity contribution in [1.82, 2.24) is 10.3 Å². The van der Waals surface area contributed by atoms with Gasteiger partial charge in [-0.1, -0.05) is 6.92 Å². The Morgan fingerprint density at radius 1 is 1.60 bits per heavy atom. The van der Waals surface area contributed by atoms with Gasteiger partial charge in [0.2, 0.25) is 0 Å². The van der Waals surface area contributed by atoms with Crippen molar-refractivity contribution in [2.75, 3.05) is 25.0 Å². The smallest absolute Gasteiger partial charge is 0.185 e. The molecule has 0 spiro atoms. The molecule has 3 nitrogen and oxygen atoms in total. The van der Waals surface area contributed by atoms with Crippen LogP contribution in [0.25, 0.3) is 0 Å². The van der Waals surface area contributed by atoms with Crippen molar-refractivity contribution >= 4 is 16.5 Å². The fraction of sp³-hybridized carbons (Fsp3) is 0.727. The van der Waals surface area contributed by atoms with Crippen molar-refractivity contribution in [2.45, 2.75) is 32.2 Å². The first-order valence-electron chi connectivity index (χ1n) is 5.68. The van der Waals surface area contributed by atoms with Crippen molar-refractivity contribution in [1.29, 1.82) is 0 Å². The van der Waals surface area contributed by atoms with Crippen molar-refractivity contribution in [3.05, 3.63) is 11.1 Å². The molecule has 1 heterocycles. The van der Waals surface area contributed by atoms with Crippen molar-refractivity contribution in [2.24, 2.45) is 0 Å². The molecule has 15 heavy (non-hydrogen) atoms. The first-order valence-corrected chi connectivity index (χ1v) is 6.56. The summed E-state index contributed by atoms with van der Waals surface area (Å²) in [6, 6.07) is 0.806. The van der Waals surface area contributed by atoms with Crippen LogP contribution >= 0.6 is 11.3 Å². The van der Waals surface area contributed by atoms with Crippen molar-refractivity contribution < 1.29 is 0 Å². The Kier molecular flexibility index (Phi) is 3.59. The molecule has 0 radical (unpaired) electrons. The van der Waals surface area contributed by atoms with E-state index in [2.05, 4.69) is 34.6 Å². The molecule has 1 aromatic heterocycles. The van der Waals surface area contributed by atoms with Crippen LogP contribution in [0.4, 0.5) is 5.13 Å². The first kappa shape index (κ1) is 10.9. The molecule has 4 heteroatoms. The fourth-order valence-electron chi connectivity index (χ4n) is 1.45. The van der Waals surface area contributed by atoms with Crippen molar-refractivity contribution in [3.8, 4) is 0 Å². The van der Waals surface area contributed by atoms with E-state index < -0.39 is 0 Å². The van der Waals surface area contributed by atoms with E-state index >= 15 is 0 Å². The SMILES string of the molecule is CCc1csc(N(C)CCNC2CC2)n1. The van der Waals surface area contributed by atoms with Gasteiger partial charge in [-0.25, -0.2) is 4.98 Å². The van der Waals surface area contributed by atoms with Crippen LogP contribution in [-0.2, 0) is 6.42 Å². The standard InChI is InChI=1S/C11H19N3S/c1-3-9-8-15-11(13-9)14(2)7-6-12-10-4-5-10/h8,10,12H,3-7H2,1-2H3. The molecular weight excluding hydrogens is 206 g/mol. The average Bonchev–Trinajstić information content (AvgIpc) is 2.94. The number of nitrogens with one attached hydrogen (secondary N) is 1. The quantitative estimate of drug-likeness (QED) is 0.801. The number of hydrogen-bond donors (Lipinski definition) is 1. The molecule has 0 saturated heterocycles. The van der Waals surface area contributed by atoms with E-state index in [0.717, 1.165) is 30.7 Å². The minimum absolute atomic E-state index is 0.806. The molecule has 0 aliphatic heterocycles. The summed E-state index contributed by atoms with van der Waals surface area (Å²) in [7, 11) is 2.12. The molecule has 1 N–H and O–H groups in total. The maximum Gasteiger partial charge on any atom is 0.185 e. The van der Waals surface area contributed by atoms with Crippen molar-refractivity contribution in [3.63, 3.8) is 0 Å². The molecule has 0 atom stereocenters. The first-order chi connectivity index (χ1) is 7.29. The summed E-state index contributed by atoms with van der Waals surface area (Å²) >= 11 is 1.74. The molecule has 1 aromatic rings. The molecule has 1 saturated carbocycles. The number of aryl methyl sites for hydroxylation is 1. The number of thiazole rings is 1. The van der Waals surface area contributed by atoms with Gasteiger partial charge in [-0.2, -0.15) is 0 Å². The molecule has 1 aliphatic rings. The van der Waals surface area contributed by atoms with Gasteiger partial charge in [-0.05, 0) is 19.3 Å². The highest BCUT2D eigenvalue weighted by molar-refractivity contribution is 7.13. The summed E-state index contributed by atoms with van der Waals surface area (Å²) in [4.78, 5) is 6.79. The summed E-state index contributed by atoms with van der Waals surface area (Å²) in [6.07, 6.45) is 3.76. The van der Waals surface area contributed by atoms with Gasteiger partial charge in [0.15, 0.2) is 5.13 Å². The van der Waals surface area contributed by atoms with Crippen LogP contribution in [0.5, 0.6) is 0 Å². The van der Waals surface area contributed by atoms with Crippen LogP contribution in [0, 0.1) is 0 Å². The lowest BCUT2D eigenvalue weighted by Crippen LogP contribution is -2.30. The molecule has 1 aliphatic carbocycles. The van der Waals surface area contributed by atoms with Crippen LogP contribution in [0.15, 0.2) is 5.38 Å². The van der Waals surface area contributed by atoms with Crippen LogP contribution in [0.1, 0.15) is 25.5 Å². The Bertz CT molecular complexity index is 307. The van der Waals surface area contributed by atoms with E-state index in [4.69, 9.17) is 0 Å². The van der Waals surface area contributed by atoms with E-state index in [1.54, 1.807) is 11.3 Å². The third-order valence-electron chi connectivity index (χ3n) is 2.69. The lowest BCUT2D eigenvalue weighted by Gasteiger charge is -2.15. The number of aromatic nitrogens is 1. The van der Waals surface area contributed by atoms with Gasteiger partial charge < -0.3 is 10.2 Å². The molecular formula is C11H19N3S. The zero-order chi connectivity index (χ0) is 10.7. The molecule has 84 valence electrons. The highest BCUT2D eigenvalue weighted by Crippen LogP contribution is 2.20. The zero-order valence-corrected chi connectivity index (χ0v) is 10.3. The maximum atomic E-state index is 4.56. The van der Waals surface area contributed by atoms with E-state index in [1.165, 1.54) is 18.5 Å². The molecule has 2 rings (SSSR count). The molecule has 0 amide bonds. The van der Waals surface area contributed by atoms with Gasteiger partial charge in [-0.15, -0.1) is 11.3 Å². The van der Waals surface area contributed by atoms with E-state index in [1.807, 2.05) is 0 Å². The topological polar surface area (TPSA) is 28.2 Å².